The van der Waals surface area contributed by atoms with Gasteiger partial charge in [0.05, 0.1) is 16.7 Å². The first-order chi connectivity index (χ1) is 14.6. The largest absolute Gasteiger partial charge is 0.368 e. The van der Waals surface area contributed by atoms with Crippen molar-refractivity contribution in [2.45, 2.75) is 12.5 Å². The van der Waals surface area contributed by atoms with E-state index in [2.05, 4.69) is 15.3 Å². The molecule has 3 aromatic carbocycles. The molecule has 0 unspecified atom stereocenters. The molecule has 0 aliphatic rings. The summed E-state index contributed by atoms with van der Waals surface area (Å²) in [6, 6.07) is 23.7. The van der Waals surface area contributed by atoms with E-state index in [-0.39, 0.29) is 12.3 Å². The van der Waals surface area contributed by atoms with Crippen LogP contribution in [0, 0.1) is 0 Å². The quantitative estimate of drug-likeness (QED) is 0.523. The van der Waals surface area contributed by atoms with E-state index in [0.717, 1.165) is 22.2 Å². The summed E-state index contributed by atoms with van der Waals surface area (Å²) in [5, 5.41) is 2.71. The second-order valence-corrected chi connectivity index (χ2v) is 6.93. The van der Waals surface area contributed by atoms with Crippen molar-refractivity contribution < 1.29 is 9.59 Å². The number of amides is 2. The van der Waals surface area contributed by atoms with Gasteiger partial charge in [-0.25, -0.2) is 4.98 Å². The highest BCUT2D eigenvalue weighted by molar-refractivity contribution is 5.97. The van der Waals surface area contributed by atoms with Crippen LogP contribution >= 0.6 is 0 Å². The van der Waals surface area contributed by atoms with Crippen LogP contribution < -0.4 is 11.1 Å². The first kappa shape index (κ1) is 19.3. The summed E-state index contributed by atoms with van der Waals surface area (Å²) in [7, 11) is 0. The number of fused-ring (bicyclic) bond motifs is 1. The molecule has 148 valence electrons. The van der Waals surface area contributed by atoms with Crippen molar-refractivity contribution in [3.05, 3.63) is 96.3 Å². The Balaban J connectivity index is 1.48. The third-order valence-corrected chi connectivity index (χ3v) is 4.81. The van der Waals surface area contributed by atoms with Crippen LogP contribution in [-0.2, 0) is 11.2 Å². The van der Waals surface area contributed by atoms with Crippen molar-refractivity contribution in [2.24, 2.45) is 5.73 Å². The maximum atomic E-state index is 12.7. The van der Waals surface area contributed by atoms with E-state index in [0.29, 0.717) is 11.3 Å². The molecule has 6 nitrogen and oxygen atoms in total. The maximum Gasteiger partial charge on any atom is 0.251 e. The lowest BCUT2D eigenvalue weighted by atomic mass is 10.0. The number of rotatable bonds is 6. The van der Waals surface area contributed by atoms with E-state index in [1.54, 1.807) is 18.3 Å². The number of carbonyl (C=O) groups is 2. The molecule has 0 saturated heterocycles. The number of nitrogens with two attached hydrogens (primary N) is 1. The minimum Gasteiger partial charge on any atom is -0.368 e. The molecule has 0 saturated carbocycles. The molecule has 4 aromatic rings. The number of aromatic nitrogens is 2. The van der Waals surface area contributed by atoms with E-state index < -0.39 is 11.9 Å². The van der Waals surface area contributed by atoms with Crippen LogP contribution in [-0.4, -0.2) is 27.8 Å². The maximum absolute atomic E-state index is 12.7. The van der Waals surface area contributed by atoms with E-state index in [4.69, 9.17) is 5.73 Å². The van der Waals surface area contributed by atoms with Gasteiger partial charge in [0.15, 0.2) is 0 Å². The highest BCUT2D eigenvalue weighted by Crippen LogP contribution is 2.19. The molecule has 0 radical (unpaired) electrons. The van der Waals surface area contributed by atoms with Gasteiger partial charge in [-0.05, 0) is 35.4 Å². The molecule has 6 heteroatoms. The van der Waals surface area contributed by atoms with E-state index >= 15 is 0 Å². The first-order valence-electron chi connectivity index (χ1n) is 9.56. The van der Waals surface area contributed by atoms with Gasteiger partial charge in [-0.15, -0.1) is 0 Å². The lowest BCUT2D eigenvalue weighted by Crippen LogP contribution is -2.46. The third-order valence-electron chi connectivity index (χ3n) is 4.81. The number of primary amides is 1. The van der Waals surface area contributed by atoms with Crippen LogP contribution in [0.25, 0.3) is 22.2 Å². The number of nitrogens with one attached hydrogen (secondary N) is 1. The first-order valence-corrected chi connectivity index (χ1v) is 9.56. The molecule has 1 aromatic heterocycles. The average molecular weight is 396 g/mol. The number of para-hydroxylation sites is 2. The lowest BCUT2D eigenvalue weighted by Gasteiger charge is -2.15. The zero-order valence-electron chi connectivity index (χ0n) is 16.2. The van der Waals surface area contributed by atoms with Gasteiger partial charge in [-0.1, -0.05) is 54.6 Å². The minimum absolute atomic E-state index is 0.168. The molecular weight excluding hydrogens is 376 g/mol. The van der Waals surface area contributed by atoms with Crippen LogP contribution in [0.2, 0.25) is 0 Å². The molecular formula is C24H20N4O2. The predicted molar refractivity (Wildman–Crippen MR) is 116 cm³/mol. The predicted octanol–water partition coefficient (Wildman–Crippen LogP) is 3.12. The van der Waals surface area contributed by atoms with E-state index in [9.17, 15) is 9.59 Å². The number of carbonyl (C=O) groups excluding carboxylic acids is 2. The monoisotopic (exact) mass is 396 g/mol. The molecule has 4 rings (SSSR count). The fourth-order valence-electron chi connectivity index (χ4n) is 3.21. The molecule has 1 heterocycles. The number of benzene rings is 3. The summed E-state index contributed by atoms with van der Waals surface area (Å²) in [5.41, 5.74) is 10.1. The fourth-order valence-corrected chi connectivity index (χ4v) is 3.21. The molecule has 3 N–H and O–H groups in total. The van der Waals surface area contributed by atoms with Gasteiger partial charge in [-0.3, -0.25) is 14.6 Å². The summed E-state index contributed by atoms with van der Waals surface area (Å²) in [6.45, 7) is 0. The summed E-state index contributed by atoms with van der Waals surface area (Å²) in [5.74, 6) is -0.994. The van der Waals surface area contributed by atoms with Crippen molar-refractivity contribution in [3.63, 3.8) is 0 Å². The normalized spacial score (nSPS) is 11.7. The fraction of sp³-hybridized carbons (Fsp3) is 0.0833. The van der Waals surface area contributed by atoms with Crippen molar-refractivity contribution in [1.82, 2.24) is 15.3 Å². The Labute approximate surface area is 173 Å². The van der Waals surface area contributed by atoms with Gasteiger partial charge in [0.1, 0.15) is 6.04 Å². The number of hydrogen-bond donors (Lipinski definition) is 2. The molecule has 0 aliphatic carbocycles. The molecule has 30 heavy (non-hydrogen) atoms. The van der Waals surface area contributed by atoms with Gasteiger partial charge < -0.3 is 11.1 Å². The highest BCUT2D eigenvalue weighted by Gasteiger charge is 2.20. The molecule has 0 aliphatic heterocycles. The molecule has 1 atom stereocenters. The highest BCUT2D eigenvalue weighted by atomic mass is 16.2. The topological polar surface area (TPSA) is 98.0 Å². The van der Waals surface area contributed by atoms with Crippen molar-refractivity contribution in [2.75, 3.05) is 0 Å². The average Bonchev–Trinajstić information content (AvgIpc) is 2.79. The summed E-state index contributed by atoms with van der Waals surface area (Å²) in [4.78, 5) is 33.4. The Kier molecular flexibility index (Phi) is 5.48. The number of hydrogen-bond acceptors (Lipinski definition) is 4. The van der Waals surface area contributed by atoms with Crippen LogP contribution in [0.5, 0.6) is 0 Å². The SMILES string of the molecule is NC(=O)[C@H](Cc1cnc2ccccc2n1)NC(=O)c1ccc(-c2ccccc2)cc1. The summed E-state index contributed by atoms with van der Waals surface area (Å²) < 4.78 is 0. The molecule has 0 spiro atoms. The molecule has 2 amide bonds. The van der Waals surface area contributed by atoms with Crippen LogP contribution in [0.1, 0.15) is 16.1 Å². The van der Waals surface area contributed by atoms with Crippen LogP contribution in [0.4, 0.5) is 0 Å². The van der Waals surface area contributed by atoms with E-state index in [1.165, 1.54) is 0 Å². The second-order valence-electron chi connectivity index (χ2n) is 6.93. The Morgan fingerprint density at radius 2 is 1.47 bits per heavy atom. The summed E-state index contributed by atoms with van der Waals surface area (Å²) >= 11 is 0. The smallest absolute Gasteiger partial charge is 0.251 e. The van der Waals surface area contributed by atoms with Crippen molar-refractivity contribution in [3.8, 4) is 11.1 Å². The zero-order valence-corrected chi connectivity index (χ0v) is 16.2. The second kappa shape index (κ2) is 8.53. The number of nitrogens with zero attached hydrogens (tertiary/aromatic N) is 2. The van der Waals surface area contributed by atoms with Crippen molar-refractivity contribution >= 4 is 22.8 Å². The van der Waals surface area contributed by atoms with Gasteiger partial charge in [0, 0.05) is 18.2 Å². The van der Waals surface area contributed by atoms with Gasteiger partial charge in [0.25, 0.3) is 5.91 Å². The van der Waals surface area contributed by atoms with Gasteiger partial charge in [-0.2, -0.15) is 0 Å². The van der Waals surface area contributed by atoms with Crippen molar-refractivity contribution in [1.29, 1.82) is 0 Å². The minimum atomic E-state index is -0.887. The Bertz CT molecular complexity index is 1190. The lowest BCUT2D eigenvalue weighted by molar-refractivity contribution is -0.119. The van der Waals surface area contributed by atoms with Gasteiger partial charge in [0.2, 0.25) is 5.91 Å². The molecule has 0 fully saturated rings. The molecule has 0 bridgehead atoms. The Morgan fingerprint density at radius 1 is 0.833 bits per heavy atom. The Hall–Kier alpha value is -4.06. The zero-order chi connectivity index (χ0) is 20.9. The third kappa shape index (κ3) is 4.33. The van der Waals surface area contributed by atoms with Crippen LogP contribution in [0.3, 0.4) is 0 Å². The van der Waals surface area contributed by atoms with Gasteiger partial charge >= 0.3 is 0 Å². The Morgan fingerprint density at radius 3 is 2.17 bits per heavy atom. The van der Waals surface area contributed by atoms with Crippen LogP contribution in [0.15, 0.2) is 85.1 Å². The standard InChI is InChI=1S/C24H20N4O2/c25-23(29)22(14-19-15-26-20-8-4-5-9-21(20)27-19)28-24(30)18-12-10-17(11-13-18)16-6-2-1-3-7-16/h1-13,15,22H,14H2,(H2,25,29)(H,28,30)/t22-/m0/s1. The van der Waals surface area contributed by atoms with E-state index in [1.807, 2.05) is 66.7 Å². The summed E-state index contributed by atoms with van der Waals surface area (Å²) in [6.07, 6.45) is 1.76.